The molecule has 0 saturated carbocycles. The minimum absolute atomic E-state index is 0. The van der Waals surface area contributed by atoms with Gasteiger partial charge < -0.3 is 41.1 Å². The topological polar surface area (TPSA) is 214 Å². The Kier molecular flexibility index (Phi) is 9.51. The lowest BCUT2D eigenvalue weighted by Gasteiger charge is -2.20. The molecule has 2 aliphatic heterocycles. The molecule has 1 aromatic heterocycles. The van der Waals surface area contributed by atoms with Crippen LogP contribution in [0.3, 0.4) is 0 Å². The van der Waals surface area contributed by atoms with Crippen LogP contribution in [0.15, 0.2) is 42.2 Å². The van der Waals surface area contributed by atoms with E-state index in [1.807, 2.05) is 31.3 Å². The first-order valence-electron chi connectivity index (χ1n) is 10.3. The standard InChI is InChI=1S/C11H16N5O7P.C9H11NO.CH4/c1-4-6-9(15-11(12)14-4)16(3-13-6)10-8(18)7(17)5(23-10)2-22-24(19,20)21;1-7(11)8-5-3-4-6-9(8)10-2;/h3,5,7-8,10,17-18H,1-2H2,(H3,12,14,15)(H2,19,20,21);3-6,10H,1-2H3;1H4/t5-,7-,8?,10-;;/m1../s1. The van der Waals surface area contributed by atoms with E-state index in [1.54, 1.807) is 6.92 Å². The number of rotatable bonds is 6. The van der Waals surface area contributed by atoms with Gasteiger partial charge in [-0.2, -0.15) is 4.99 Å². The number of carbonyl (C=O) groups excluding carboxylic acids is 1. The van der Waals surface area contributed by atoms with Gasteiger partial charge in [0.2, 0.25) is 0 Å². The highest BCUT2D eigenvalue weighted by Crippen LogP contribution is 2.40. The summed E-state index contributed by atoms with van der Waals surface area (Å²) < 4.78 is 21.9. The number of aliphatic imine (C=N–C) groups is 1. The summed E-state index contributed by atoms with van der Waals surface area (Å²) in [6, 6.07) is 7.46. The lowest BCUT2D eigenvalue weighted by atomic mass is 10.1. The van der Waals surface area contributed by atoms with Crippen molar-refractivity contribution in [3.8, 4) is 0 Å². The van der Waals surface area contributed by atoms with E-state index in [1.165, 1.54) is 10.9 Å². The number of nitrogens with one attached hydrogen (secondary N) is 2. The van der Waals surface area contributed by atoms with E-state index in [0.29, 0.717) is 11.4 Å². The molecule has 1 saturated heterocycles. The number of benzene rings is 1. The van der Waals surface area contributed by atoms with Crippen molar-refractivity contribution in [3.05, 3.63) is 48.4 Å². The highest BCUT2D eigenvalue weighted by Gasteiger charge is 2.45. The predicted molar refractivity (Wildman–Crippen MR) is 132 cm³/mol. The van der Waals surface area contributed by atoms with E-state index in [-0.39, 0.29) is 25.0 Å². The summed E-state index contributed by atoms with van der Waals surface area (Å²) >= 11 is 0. The van der Waals surface area contributed by atoms with Gasteiger partial charge in [0.05, 0.1) is 18.6 Å². The number of hydrogen-bond acceptors (Lipinski definition) is 11. The third-order valence-electron chi connectivity index (χ3n) is 5.15. The third-order valence-corrected chi connectivity index (χ3v) is 5.64. The van der Waals surface area contributed by atoms with E-state index in [9.17, 15) is 19.6 Å². The molecule has 2 aliphatic rings. The van der Waals surface area contributed by atoms with Crippen molar-refractivity contribution in [2.75, 3.05) is 19.0 Å². The number of nitrogens with two attached hydrogens (primary N) is 1. The molecule has 8 N–H and O–H groups in total. The van der Waals surface area contributed by atoms with Crippen molar-refractivity contribution in [3.63, 3.8) is 0 Å². The van der Waals surface area contributed by atoms with Gasteiger partial charge in [0.1, 0.15) is 24.0 Å². The third kappa shape index (κ3) is 6.56. The Labute approximate surface area is 207 Å². The first-order valence-corrected chi connectivity index (χ1v) is 11.8. The number of guanidine groups is 1. The van der Waals surface area contributed by atoms with Crippen LogP contribution in [0.1, 0.15) is 36.6 Å². The Morgan fingerprint density at radius 3 is 2.58 bits per heavy atom. The van der Waals surface area contributed by atoms with Crippen LogP contribution in [-0.4, -0.2) is 73.3 Å². The second-order valence-electron chi connectivity index (χ2n) is 7.61. The van der Waals surface area contributed by atoms with Crippen LogP contribution in [-0.2, 0) is 13.8 Å². The number of ether oxygens (including phenoxy) is 1. The van der Waals surface area contributed by atoms with Crippen molar-refractivity contribution < 1.29 is 38.6 Å². The maximum absolute atomic E-state index is 11.0. The zero-order valence-corrected chi connectivity index (χ0v) is 19.8. The number of fused-ring (bicyclic) bond motifs is 1. The maximum Gasteiger partial charge on any atom is 0.469 e. The molecule has 3 heterocycles. The molecule has 1 unspecified atom stereocenters. The smallest absolute Gasteiger partial charge is 0.388 e. The zero-order chi connectivity index (χ0) is 25.9. The van der Waals surface area contributed by atoms with Gasteiger partial charge in [-0.1, -0.05) is 26.1 Å². The molecular formula is C21H31N6O8P. The summed E-state index contributed by atoms with van der Waals surface area (Å²) in [6.45, 7) is 4.71. The van der Waals surface area contributed by atoms with E-state index >= 15 is 0 Å². The number of aliphatic hydroxyl groups is 2. The number of phosphoric ester groups is 1. The Hall–Kier alpha value is -3.10. The molecule has 36 heavy (non-hydrogen) atoms. The predicted octanol–water partition coefficient (Wildman–Crippen LogP) is 0.699. The summed E-state index contributed by atoms with van der Waals surface area (Å²) in [7, 11) is -2.92. The molecule has 4 atom stereocenters. The molecular weight excluding hydrogens is 495 g/mol. The molecule has 15 heteroatoms. The second kappa shape index (κ2) is 11.8. The lowest BCUT2D eigenvalue weighted by Crippen LogP contribution is -2.34. The number of aliphatic hydroxyl groups excluding tert-OH is 2. The van der Waals surface area contributed by atoms with Gasteiger partial charge >= 0.3 is 7.82 Å². The maximum atomic E-state index is 11.0. The Morgan fingerprint density at radius 2 is 2.00 bits per heavy atom. The Balaban J connectivity index is 0.000000321. The number of phosphoric acid groups is 1. The summed E-state index contributed by atoms with van der Waals surface area (Å²) in [6.07, 6.45) is -3.74. The summed E-state index contributed by atoms with van der Waals surface area (Å²) in [4.78, 5) is 36.6. The molecule has 198 valence electrons. The number of anilines is 1. The number of aromatic nitrogens is 2. The van der Waals surface area contributed by atoms with Gasteiger partial charge in [-0.05, 0) is 19.1 Å². The summed E-state index contributed by atoms with van der Waals surface area (Å²) in [5.74, 6) is 0.433. The van der Waals surface area contributed by atoms with Crippen LogP contribution < -0.4 is 16.4 Å². The van der Waals surface area contributed by atoms with Gasteiger partial charge in [0.15, 0.2) is 23.8 Å². The van der Waals surface area contributed by atoms with E-state index < -0.39 is 39.0 Å². The highest BCUT2D eigenvalue weighted by molar-refractivity contribution is 7.46. The molecule has 1 aromatic carbocycles. The number of para-hydroxylation sites is 1. The van der Waals surface area contributed by atoms with Gasteiger partial charge in [-0.25, -0.2) is 9.55 Å². The monoisotopic (exact) mass is 526 g/mol. The Morgan fingerprint density at radius 1 is 1.33 bits per heavy atom. The number of Topliss-reactive ketones (excluding diaryl/α,β-unsaturated/α-hetero) is 1. The average molecular weight is 526 g/mol. The van der Waals surface area contributed by atoms with Crippen molar-refractivity contribution >= 4 is 36.8 Å². The van der Waals surface area contributed by atoms with Crippen LogP contribution in [0.4, 0.5) is 11.5 Å². The minimum atomic E-state index is -4.73. The number of ketones is 1. The fourth-order valence-electron chi connectivity index (χ4n) is 3.50. The SMILES string of the molecule is C.C=C1NC(N)=Nc2c1ncn2[C@@H]1O[C@H](COP(=O)(O)O)[C@@H](O)C1O.CNc1ccccc1C(C)=O. The van der Waals surface area contributed by atoms with E-state index in [2.05, 4.69) is 31.7 Å². The number of carbonyl (C=O) groups is 1. The van der Waals surface area contributed by atoms with Crippen molar-refractivity contribution in [1.82, 2.24) is 14.9 Å². The summed E-state index contributed by atoms with van der Waals surface area (Å²) in [5.41, 5.74) is 8.06. The lowest BCUT2D eigenvalue weighted by molar-refractivity contribution is -0.0512. The number of nitrogens with zero attached hydrogens (tertiary/aromatic N) is 3. The van der Waals surface area contributed by atoms with Crippen LogP contribution in [0.2, 0.25) is 0 Å². The molecule has 14 nitrogen and oxygen atoms in total. The summed E-state index contributed by atoms with van der Waals surface area (Å²) in [5, 5.41) is 25.8. The van der Waals surface area contributed by atoms with Gasteiger partial charge in [-0.15, -0.1) is 0 Å². The molecule has 0 spiro atoms. The molecule has 1 fully saturated rings. The van der Waals surface area contributed by atoms with Gasteiger partial charge in [-0.3, -0.25) is 13.9 Å². The van der Waals surface area contributed by atoms with Gasteiger partial charge in [0.25, 0.3) is 0 Å². The molecule has 0 bridgehead atoms. The average Bonchev–Trinajstić information content (AvgIpc) is 3.33. The fraction of sp³-hybridized carbons (Fsp3) is 0.381. The molecule has 0 radical (unpaired) electrons. The highest BCUT2D eigenvalue weighted by atomic mass is 31.2. The first kappa shape index (κ1) is 29.1. The van der Waals surface area contributed by atoms with Crippen LogP contribution in [0.5, 0.6) is 0 Å². The zero-order valence-electron chi connectivity index (χ0n) is 18.9. The first-order chi connectivity index (χ1) is 16.4. The largest absolute Gasteiger partial charge is 0.469 e. The molecule has 0 amide bonds. The Bertz CT molecular complexity index is 1180. The number of hydrogen-bond donors (Lipinski definition) is 7. The quantitative estimate of drug-likeness (QED) is 0.205. The van der Waals surface area contributed by atoms with E-state index in [0.717, 1.165) is 11.3 Å². The minimum Gasteiger partial charge on any atom is -0.388 e. The van der Waals surface area contributed by atoms with E-state index in [4.69, 9.17) is 20.3 Å². The van der Waals surface area contributed by atoms with Crippen LogP contribution in [0.25, 0.3) is 5.70 Å². The molecule has 4 rings (SSSR count). The van der Waals surface area contributed by atoms with Crippen molar-refractivity contribution in [1.29, 1.82) is 0 Å². The second-order valence-corrected chi connectivity index (χ2v) is 8.85. The number of imidazole rings is 1. The molecule has 0 aliphatic carbocycles. The normalized spacial score (nSPS) is 22.8. The van der Waals surface area contributed by atoms with Crippen molar-refractivity contribution in [2.45, 2.75) is 38.9 Å². The van der Waals surface area contributed by atoms with Gasteiger partial charge in [0, 0.05) is 18.3 Å². The molecule has 2 aromatic rings. The fourth-order valence-corrected chi connectivity index (χ4v) is 3.84. The van der Waals surface area contributed by atoms with Crippen LogP contribution >= 0.6 is 7.82 Å². The van der Waals surface area contributed by atoms with Crippen LogP contribution in [0, 0.1) is 0 Å². The van der Waals surface area contributed by atoms with Crippen molar-refractivity contribution in [2.24, 2.45) is 10.7 Å².